The van der Waals surface area contributed by atoms with E-state index in [2.05, 4.69) is 11.9 Å². The zero-order valence-corrected chi connectivity index (χ0v) is 10.8. The lowest BCUT2D eigenvalue weighted by molar-refractivity contribution is 0.163. The van der Waals surface area contributed by atoms with Gasteiger partial charge in [0.15, 0.2) is 0 Å². The van der Waals surface area contributed by atoms with Crippen molar-refractivity contribution in [2.45, 2.75) is 49.9 Å². The average molecular weight is 234 g/mol. The van der Waals surface area contributed by atoms with Crippen molar-refractivity contribution in [2.75, 3.05) is 27.3 Å². The molecular formula is C12H24ClNO. The summed E-state index contributed by atoms with van der Waals surface area (Å²) in [6, 6.07) is 0.741. The maximum atomic E-state index is 6.17. The molecule has 0 aromatic rings. The Hall–Kier alpha value is 0.210. The highest BCUT2D eigenvalue weighted by Crippen LogP contribution is 2.21. The molecule has 0 aliphatic heterocycles. The Morgan fingerprint density at radius 2 is 1.87 bits per heavy atom. The molecule has 1 aliphatic rings. The molecule has 0 bridgehead atoms. The van der Waals surface area contributed by atoms with E-state index in [1.807, 2.05) is 0 Å². The molecule has 90 valence electrons. The van der Waals surface area contributed by atoms with E-state index >= 15 is 0 Å². The van der Waals surface area contributed by atoms with Crippen LogP contribution >= 0.6 is 11.6 Å². The van der Waals surface area contributed by atoms with Gasteiger partial charge in [0.2, 0.25) is 0 Å². The van der Waals surface area contributed by atoms with Gasteiger partial charge in [-0.05, 0) is 19.9 Å². The zero-order valence-electron chi connectivity index (χ0n) is 10.0. The molecule has 0 aromatic heterocycles. The molecule has 3 heteroatoms. The number of alkyl halides is 1. The Morgan fingerprint density at radius 1 is 1.27 bits per heavy atom. The summed E-state index contributed by atoms with van der Waals surface area (Å²) in [4.78, 5) is 2.42. The van der Waals surface area contributed by atoms with Crippen molar-refractivity contribution < 1.29 is 4.74 Å². The van der Waals surface area contributed by atoms with Crippen LogP contribution in [0, 0.1) is 0 Å². The molecular weight excluding hydrogens is 210 g/mol. The standard InChI is InChI=1S/C12H24ClNO/c1-14(9-11(13)10-15-2)12-7-5-3-4-6-8-12/h11-12H,3-10H2,1-2H3. The van der Waals surface area contributed by atoms with Crippen LogP contribution in [0.4, 0.5) is 0 Å². The van der Waals surface area contributed by atoms with Crippen LogP contribution < -0.4 is 0 Å². The Kier molecular flexibility index (Phi) is 6.62. The van der Waals surface area contributed by atoms with Crippen LogP contribution in [0.25, 0.3) is 0 Å². The van der Waals surface area contributed by atoms with E-state index in [1.165, 1.54) is 38.5 Å². The van der Waals surface area contributed by atoms with Crippen LogP contribution in [-0.4, -0.2) is 43.6 Å². The summed E-state index contributed by atoms with van der Waals surface area (Å²) >= 11 is 6.17. The second kappa shape index (κ2) is 7.48. The fourth-order valence-electron chi connectivity index (χ4n) is 2.39. The van der Waals surface area contributed by atoms with E-state index in [-0.39, 0.29) is 5.38 Å². The number of ether oxygens (including phenoxy) is 1. The van der Waals surface area contributed by atoms with E-state index in [0.29, 0.717) is 6.61 Å². The summed E-state index contributed by atoms with van der Waals surface area (Å²) < 4.78 is 5.06. The minimum Gasteiger partial charge on any atom is -0.383 e. The smallest absolute Gasteiger partial charge is 0.0696 e. The molecule has 0 radical (unpaired) electrons. The SMILES string of the molecule is COCC(Cl)CN(C)C1CCCCCC1. The van der Waals surface area contributed by atoms with Crippen LogP contribution in [0.5, 0.6) is 0 Å². The molecule has 1 atom stereocenters. The molecule has 0 amide bonds. The highest BCUT2D eigenvalue weighted by Gasteiger charge is 2.18. The van der Waals surface area contributed by atoms with Crippen molar-refractivity contribution in [3.63, 3.8) is 0 Å². The lowest BCUT2D eigenvalue weighted by Gasteiger charge is -2.28. The maximum absolute atomic E-state index is 6.17. The average Bonchev–Trinajstić information content (AvgIpc) is 2.45. The molecule has 0 aromatic carbocycles. The highest BCUT2D eigenvalue weighted by molar-refractivity contribution is 6.20. The van der Waals surface area contributed by atoms with E-state index in [0.717, 1.165) is 12.6 Å². The molecule has 1 saturated carbocycles. The monoisotopic (exact) mass is 233 g/mol. The van der Waals surface area contributed by atoms with E-state index in [1.54, 1.807) is 7.11 Å². The van der Waals surface area contributed by atoms with Gasteiger partial charge < -0.3 is 9.64 Å². The molecule has 0 N–H and O–H groups in total. The van der Waals surface area contributed by atoms with Gasteiger partial charge in [0.25, 0.3) is 0 Å². The summed E-state index contributed by atoms with van der Waals surface area (Å²) in [5.41, 5.74) is 0. The van der Waals surface area contributed by atoms with Gasteiger partial charge in [-0.2, -0.15) is 0 Å². The number of nitrogens with zero attached hydrogens (tertiary/aromatic N) is 1. The first-order chi connectivity index (χ1) is 7.24. The molecule has 15 heavy (non-hydrogen) atoms. The number of methoxy groups -OCH3 is 1. The normalized spacial score (nSPS) is 21.6. The summed E-state index contributed by atoms with van der Waals surface area (Å²) in [7, 11) is 3.90. The first-order valence-electron chi connectivity index (χ1n) is 6.07. The second-order valence-corrected chi connectivity index (χ2v) is 5.25. The Labute approximate surface area is 98.9 Å². The third kappa shape index (κ3) is 5.19. The predicted octanol–water partition coefficient (Wildman–Crippen LogP) is 2.89. The zero-order chi connectivity index (χ0) is 11.1. The Morgan fingerprint density at radius 3 is 2.40 bits per heavy atom. The lowest BCUT2D eigenvalue weighted by atomic mass is 10.1. The number of hydrogen-bond acceptors (Lipinski definition) is 2. The number of rotatable bonds is 5. The summed E-state index contributed by atoms with van der Waals surface area (Å²) in [5, 5.41) is 0.128. The van der Waals surface area contributed by atoms with Crippen molar-refractivity contribution in [3.05, 3.63) is 0 Å². The summed E-state index contributed by atoms with van der Waals surface area (Å²) in [6.45, 7) is 1.60. The molecule has 1 unspecified atom stereocenters. The van der Waals surface area contributed by atoms with E-state index < -0.39 is 0 Å². The van der Waals surface area contributed by atoms with Crippen molar-refractivity contribution >= 4 is 11.6 Å². The van der Waals surface area contributed by atoms with Crippen LogP contribution in [0.3, 0.4) is 0 Å². The van der Waals surface area contributed by atoms with Crippen molar-refractivity contribution in [2.24, 2.45) is 0 Å². The largest absolute Gasteiger partial charge is 0.383 e. The Balaban J connectivity index is 2.27. The van der Waals surface area contributed by atoms with Crippen molar-refractivity contribution in [1.29, 1.82) is 0 Å². The van der Waals surface area contributed by atoms with E-state index in [9.17, 15) is 0 Å². The van der Waals surface area contributed by atoms with Gasteiger partial charge in [0, 0.05) is 19.7 Å². The topological polar surface area (TPSA) is 12.5 Å². The number of halogens is 1. The Bertz CT molecular complexity index is 158. The second-order valence-electron chi connectivity index (χ2n) is 4.64. The fraction of sp³-hybridized carbons (Fsp3) is 1.00. The van der Waals surface area contributed by atoms with E-state index in [4.69, 9.17) is 16.3 Å². The maximum Gasteiger partial charge on any atom is 0.0696 e. The summed E-state index contributed by atoms with van der Waals surface area (Å²) in [6.07, 6.45) is 8.26. The van der Waals surface area contributed by atoms with Gasteiger partial charge in [-0.15, -0.1) is 11.6 Å². The van der Waals surface area contributed by atoms with Gasteiger partial charge in [-0.25, -0.2) is 0 Å². The van der Waals surface area contributed by atoms with Gasteiger partial charge in [0.1, 0.15) is 0 Å². The fourth-order valence-corrected chi connectivity index (χ4v) is 2.74. The molecule has 0 heterocycles. The third-order valence-corrected chi connectivity index (χ3v) is 3.55. The van der Waals surface area contributed by atoms with Gasteiger partial charge in [-0.1, -0.05) is 25.7 Å². The minimum absolute atomic E-state index is 0.128. The van der Waals surface area contributed by atoms with Crippen molar-refractivity contribution in [3.8, 4) is 0 Å². The molecule has 0 saturated heterocycles. The van der Waals surface area contributed by atoms with Crippen LogP contribution in [0.15, 0.2) is 0 Å². The first-order valence-corrected chi connectivity index (χ1v) is 6.51. The van der Waals surface area contributed by atoms with Gasteiger partial charge >= 0.3 is 0 Å². The molecule has 1 rings (SSSR count). The first kappa shape index (κ1) is 13.3. The molecule has 1 fully saturated rings. The number of hydrogen-bond donors (Lipinski definition) is 0. The molecule has 1 aliphatic carbocycles. The van der Waals surface area contributed by atoms with Crippen molar-refractivity contribution in [1.82, 2.24) is 4.90 Å². The van der Waals surface area contributed by atoms with Crippen LogP contribution in [0.2, 0.25) is 0 Å². The quantitative estimate of drug-likeness (QED) is 0.535. The molecule has 0 spiro atoms. The third-order valence-electron chi connectivity index (χ3n) is 3.28. The molecule has 2 nitrogen and oxygen atoms in total. The predicted molar refractivity (Wildman–Crippen MR) is 65.6 cm³/mol. The highest BCUT2D eigenvalue weighted by atomic mass is 35.5. The van der Waals surface area contributed by atoms with Crippen LogP contribution in [-0.2, 0) is 4.74 Å². The van der Waals surface area contributed by atoms with Gasteiger partial charge in [-0.3, -0.25) is 0 Å². The lowest BCUT2D eigenvalue weighted by Crippen LogP contribution is -2.37. The summed E-state index contributed by atoms with van der Waals surface area (Å²) in [5.74, 6) is 0. The van der Waals surface area contributed by atoms with Crippen LogP contribution in [0.1, 0.15) is 38.5 Å². The van der Waals surface area contributed by atoms with Gasteiger partial charge in [0.05, 0.1) is 12.0 Å². The minimum atomic E-state index is 0.128.